The summed E-state index contributed by atoms with van der Waals surface area (Å²) in [7, 11) is 0. The maximum Gasteiger partial charge on any atom is 0.258 e. The number of nitrogens with one attached hydrogen (secondary N) is 1. The molecule has 24 heavy (non-hydrogen) atoms. The first-order valence-corrected chi connectivity index (χ1v) is 7.45. The zero-order chi connectivity index (χ0) is 17.1. The molecule has 2 N–H and O–H groups in total. The normalized spacial score (nSPS) is 10.3. The maximum atomic E-state index is 12.0. The van der Waals surface area contributed by atoms with Gasteiger partial charge in [-0.05, 0) is 29.7 Å². The second-order valence-corrected chi connectivity index (χ2v) is 5.49. The van der Waals surface area contributed by atoms with Crippen LogP contribution in [0.1, 0.15) is 22.5 Å². The van der Waals surface area contributed by atoms with Crippen LogP contribution in [0.5, 0.6) is 5.88 Å². The topological polar surface area (TPSA) is 89.8 Å². The second-order valence-electron chi connectivity index (χ2n) is 5.49. The third-order valence-corrected chi connectivity index (χ3v) is 3.78. The van der Waals surface area contributed by atoms with E-state index in [1.54, 1.807) is 13.0 Å². The summed E-state index contributed by atoms with van der Waals surface area (Å²) in [4.78, 5) is 18.4. The lowest BCUT2D eigenvalue weighted by molar-refractivity contribution is 0.442. The summed E-state index contributed by atoms with van der Waals surface area (Å²) in [6, 6.07) is 17.3. The lowest BCUT2D eigenvalue weighted by Gasteiger charge is -2.08. The van der Waals surface area contributed by atoms with Gasteiger partial charge in [-0.3, -0.25) is 4.79 Å². The van der Waals surface area contributed by atoms with Gasteiger partial charge in [0.15, 0.2) is 0 Å². The Morgan fingerprint density at radius 2 is 1.96 bits per heavy atom. The molecule has 0 saturated carbocycles. The van der Waals surface area contributed by atoms with Crippen LogP contribution < -0.4 is 5.56 Å². The predicted molar refractivity (Wildman–Crippen MR) is 90.7 cm³/mol. The smallest absolute Gasteiger partial charge is 0.258 e. The zero-order valence-corrected chi connectivity index (χ0v) is 13.1. The fourth-order valence-electron chi connectivity index (χ4n) is 2.62. The number of rotatable bonds is 3. The lowest BCUT2D eigenvalue weighted by atomic mass is 9.96. The fraction of sp³-hybridized carbons (Fsp3) is 0.105. The number of H-pyrrole nitrogens is 1. The minimum atomic E-state index is -0.370. The van der Waals surface area contributed by atoms with Gasteiger partial charge in [-0.2, -0.15) is 5.26 Å². The maximum absolute atomic E-state index is 12.0. The molecule has 0 saturated heterocycles. The third kappa shape index (κ3) is 3.03. The largest absolute Gasteiger partial charge is 0.493 e. The minimum Gasteiger partial charge on any atom is -0.493 e. The first-order chi connectivity index (χ1) is 11.6. The van der Waals surface area contributed by atoms with Crippen LogP contribution in [0.25, 0.3) is 11.1 Å². The summed E-state index contributed by atoms with van der Waals surface area (Å²) in [5.41, 5.74) is 2.90. The molecule has 1 aromatic heterocycles. The third-order valence-electron chi connectivity index (χ3n) is 3.78. The number of aromatic hydroxyl groups is 1. The SMILES string of the molecule is Cc1nc(O)c(Cc2ccc(-c3ccccc3)c(C#N)c2)c(=O)[nH]1. The number of aryl methyl sites for hydroxylation is 1. The Labute approximate surface area is 138 Å². The molecular weight excluding hydrogens is 302 g/mol. The van der Waals surface area contributed by atoms with Crippen molar-refractivity contribution in [2.75, 3.05) is 0 Å². The molecule has 0 aliphatic carbocycles. The monoisotopic (exact) mass is 317 g/mol. The van der Waals surface area contributed by atoms with Crippen LogP contribution >= 0.6 is 0 Å². The highest BCUT2D eigenvalue weighted by atomic mass is 16.3. The molecule has 1 heterocycles. The quantitative estimate of drug-likeness (QED) is 0.777. The zero-order valence-electron chi connectivity index (χ0n) is 13.1. The van der Waals surface area contributed by atoms with Gasteiger partial charge in [0.05, 0.1) is 17.2 Å². The Kier molecular flexibility index (Phi) is 4.13. The highest BCUT2D eigenvalue weighted by molar-refractivity contribution is 5.71. The van der Waals surface area contributed by atoms with Crippen LogP contribution in [0.4, 0.5) is 0 Å². The summed E-state index contributed by atoms with van der Waals surface area (Å²) in [6.45, 7) is 1.60. The molecular formula is C19H15N3O2. The summed E-state index contributed by atoms with van der Waals surface area (Å²) in [6.07, 6.45) is 0.207. The molecule has 118 valence electrons. The molecule has 5 nitrogen and oxygen atoms in total. The summed E-state index contributed by atoms with van der Waals surface area (Å²) < 4.78 is 0. The van der Waals surface area contributed by atoms with E-state index in [1.165, 1.54) is 0 Å². The number of aromatic amines is 1. The second kappa shape index (κ2) is 6.39. The van der Waals surface area contributed by atoms with Gasteiger partial charge in [-0.15, -0.1) is 0 Å². The first-order valence-electron chi connectivity index (χ1n) is 7.45. The van der Waals surface area contributed by atoms with Gasteiger partial charge in [-0.1, -0.05) is 42.5 Å². The molecule has 0 bridgehead atoms. The van der Waals surface area contributed by atoms with E-state index in [0.29, 0.717) is 11.4 Å². The molecule has 2 aromatic carbocycles. The number of aromatic nitrogens is 2. The molecule has 3 rings (SSSR count). The van der Waals surface area contributed by atoms with Crippen molar-refractivity contribution in [1.29, 1.82) is 5.26 Å². The molecule has 0 aliphatic rings. The molecule has 5 heteroatoms. The summed E-state index contributed by atoms with van der Waals surface area (Å²) in [5.74, 6) is 0.0836. The van der Waals surface area contributed by atoms with E-state index in [4.69, 9.17) is 0 Å². The molecule has 0 unspecified atom stereocenters. The van der Waals surface area contributed by atoms with Crippen molar-refractivity contribution in [2.24, 2.45) is 0 Å². The predicted octanol–water partition coefficient (Wildman–Crippen LogP) is 2.91. The van der Waals surface area contributed by atoms with E-state index in [2.05, 4.69) is 16.0 Å². The number of benzene rings is 2. The molecule has 0 fully saturated rings. The molecule has 3 aromatic rings. The van der Waals surface area contributed by atoms with Crippen LogP contribution in [0.3, 0.4) is 0 Å². The van der Waals surface area contributed by atoms with Gasteiger partial charge in [0.2, 0.25) is 5.88 Å². The van der Waals surface area contributed by atoms with E-state index in [0.717, 1.165) is 16.7 Å². The number of nitriles is 1. The minimum absolute atomic E-state index is 0.192. The molecule has 0 amide bonds. The first kappa shape index (κ1) is 15.5. The van der Waals surface area contributed by atoms with Crippen LogP contribution in [-0.2, 0) is 6.42 Å². The Morgan fingerprint density at radius 3 is 2.62 bits per heavy atom. The molecule has 0 atom stereocenters. The highest BCUT2D eigenvalue weighted by Gasteiger charge is 2.12. The van der Waals surface area contributed by atoms with E-state index in [1.807, 2.05) is 42.5 Å². The molecule has 0 aliphatic heterocycles. The van der Waals surface area contributed by atoms with Gasteiger partial charge in [-0.25, -0.2) is 4.98 Å². The van der Waals surface area contributed by atoms with Crippen molar-refractivity contribution >= 4 is 0 Å². The molecule has 0 spiro atoms. The van der Waals surface area contributed by atoms with Gasteiger partial charge in [0, 0.05) is 6.42 Å². The summed E-state index contributed by atoms with van der Waals surface area (Å²) >= 11 is 0. The van der Waals surface area contributed by atoms with Crippen LogP contribution in [-0.4, -0.2) is 15.1 Å². The number of hydrogen-bond donors (Lipinski definition) is 2. The summed E-state index contributed by atoms with van der Waals surface area (Å²) in [5, 5.41) is 19.3. The Morgan fingerprint density at radius 1 is 1.21 bits per heavy atom. The van der Waals surface area contributed by atoms with Crippen molar-refractivity contribution in [3.63, 3.8) is 0 Å². The average Bonchev–Trinajstić information content (AvgIpc) is 2.58. The standard InChI is InChI=1S/C19H15N3O2/c1-12-21-18(23)17(19(24)22-12)10-13-7-8-16(15(9-13)11-20)14-5-3-2-4-6-14/h2-9H,10H2,1H3,(H2,21,22,23,24). The van der Waals surface area contributed by atoms with Gasteiger partial charge >= 0.3 is 0 Å². The Bertz CT molecular complexity index is 986. The lowest BCUT2D eigenvalue weighted by Crippen LogP contribution is -2.15. The van der Waals surface area contributed by atoms with Crippen molar-refractivity contribution in [2.45, 2.75) is 13.3 Å². The number of nitrogens with zero attached hydrogens (tertiary/aromatic N) is 2. The van der Waals surface area contributed by atoms with Gasteiger partial charge in [0.1, 0.15) is 5.82 Å². The van der Waals surface area contributed by atoms with Gasteiger partial charge in [0.25, 0.3) is 5.56 Å². The highest BCUT2D eigenvalue weighted by Crippen LogP contribution is 2.25. The van der Waals surface area contributed by atoms with E-state index >= 15 is 0 Å². The van der Waals surface area contributed by atoms with Crippen molar-refractivity contribution in [1.82, 2.24) is 9.97 Å². The average molecular weight is 317 g/mol. The van der Waals surface area contributed by atoms with Crippen molar-refractivity contribution < 1.29 is 5.11 Å². The van der Waals surface area contributed by atoms with Gasteiger partial charge < -0.3 is 10.1 Å². The fourth-order valence-corrected chi connectivity index (χ4v) is 2.62. The Hall–Kier alpha value is -3.39. The van der Waals surface area contributed by atoms with Crippen LogP contribution in [0.15, 0.2) is 53.3 Å². The van der Waals surface area contributed by atoms with Crippen LogP contribution in [0, 0.1) is 18.3 Å². The van der Waals surface area contributed by atoms with E-state index in [9.17, 15) is 15.2 Å². The van der Waals surface area contributed by atoms with E-state index in [-0.39, 0.29) is 23.4 Å². The molecule has 0 radical (unpaired) electrons. The number of hydrogen-bond acceptors (Lipinski definition) is 4. The Balaban J connectivity index is 2.00. The van der Waals surface area contributed by atoms with Crippen molar-refractivity contribution in [3.05, 3.63) is 81.4 Å². The van der Waals surface area contributed by atoms with Crippen molar-refractivity contribution in [3.8, 4) is 23.1 Å². The van der Waals surface area contributed by atoms with Crippen LogP contribution in [0.2, 0.25) is 0 Å². The van der Waals surface area contributed by atoms with E-state index < -0.39 is 0 Å².